The van der Waals surface area contributed by atoms with Gasteiger partial charge in [0.25, 0.3) is 0 Å². The normalized spacial score (nSPS) is 16.8. The van der Waals surface area contributed by atoms with E-state index in [1.54, 1.807) is 0 Å². The van der Waals surface area contributed by atoms with Gasteiger partial charge in [-0.1, -0.05) is 65.8 Å². The lowest BCUT2D eigenvalue weighted by Gasteiger charge is -2.20. The largest absolute Gasteiger partial charge is 0.360 e. The summed E-state index contributed by atoms with van der Waals surface area (Å²) in [6, 6.07) is 20.4. The van der Waals surface area contributed by atoms with Gasteiger partial charge in [0.05, 0.1) is 11.3 Å². The topological polar surface area (TPSA) is 43.1 Å². The standard InChI is InChI=1S/C21H19NO2/c23-19-13-17(11-15-7-3-1-4-8-15)12-18-21(19)20(24-22-18)14-16-9-5-2-6-10-16/h1-10,17H,11-14H2. The van der Waals surface area contributed by atoms with Gasteiger partial charge in [0.15, 0.2) is 11.5 Å². The number of ketones is 1. The Labute approximate surface area is 141 Å². The zero-order chi connectivity index (χ0) is 16.4. The van der Waals surface area contributed by atoms with E-state index < -0.39 is 0 Å². The minimum Gasteiger partial charge on any atom is -0.360 e. The molecule has 0 aliphatic heterocycles. The van der Waals surface area contributed by atoms with Crippen molar-refractivity contribution in [3.8, 4) is 0 Å². The highest BCUT2D eigenvalue weighted by Gasteiger charge is 2.31. The van der Waals surface area contributed by atoms with Crippen LogP contribution in [0.2, 0.25) is 0 Å². The van der Waals surface area contributed by atoms with E-state index in [9.17, 15) is 4.79 Å². The Morgan fingerprint density at radius 1 is 0.917 bits per heavy atom. The van der Waals surface area contributed by atoms with Crippen LogP contribution < -0.4 is 0 Å². The summed E-state index contributed by atoms with van der Waals surface area (Å²) in [6.07, 6.45) is 2.92. The maximum atomic E-state index is 12.7. The second-order valence-corrected chi connectivity index (χ2v) is 6.48. The molecule has 0 N–H and O–H groups in total. The van der Waals surface area contributed by atoms with Crippen molar-refractivity contribution in [2.75, 3.05) is 0 Å². The quantitative estimate of drug-likeness (QED) is 0.722. The Kier molecular flexibility index (Phi) is 3.99. The predicted octanol–water partition coefficient (Wildman–Crippen LogP) is 4.25. The highest BCUT2D eigenvalue weighted by Crippen LogP contribution is 2.30. The monoisotopic (exact) mass is 317 g/mol. The van der Waals surface area contributed by atoms with Crippen LogP contribution in [0.5, 0.6) is 0 Å². The number of rotatable bonds is 4. The Bertz CT molecular complexity index is 837. The van der Waals surface area contributed by atoms with Crippen LogP contribution in [0.3, 0.4) is 0 Å². The van der Waals surface area contributed by atoms with Crippen LogP contribution in [0.1, 0.15) is 39.4 Å². The third kappa shape index (κ3) is 3.02. The van der Waals surface area contributed by atoms with Crippen molar-refractivity contribution < 1.29 is 9.32 Å². The van der Waals surface area contributed by atoms with Gasteiger partial charge < -0.3 is 4.52 Å². The summed E-state index contributed by atoms with van der Waals surface area (Å²) < 4.78 is 5.52. The summed E-state index contributed by atoms with van der Waals surface area (Å²) in [4.78, 5) is 12.7. The summed E-state index contributed by atoms with van der Waals surface area (Å²) in [7, 11) is 0. The maximum absolute atomic E-state index is 12.7. The van der Waals surface area contributed by atoms with Gasteiger partial charge in [0.2, 0.25) is 0 Å². The Balaban J connectivity index is 1.54. The average Bonchev–Trinajstić information content (AvgIpc) is 3.00. The molecule has 1 aliphatic carbocycles. The lowest BCUT2D eigenvalue weighted by atomic mass is 9.82. The Hall–Kier alpha value is -2.68. The van der Waals surface area contributed by atoms with Gasteiger partial charge in [-0.15, -0.1) is 0 Å². The van der Waals surface area contributed by atoms with Crippen molar-refractivity contribution in [2.45, 2.75) is 25.7 Å². The molecule has 120 valence electrons. The molecule has 0 fully saturated rings. The van der Waals surface area contributed by atoms with Gasteiger partial charge in [-0.25, -0.2) is 0 Å². The molecule has 1 heterocycles. The van der Waals surface area contributed by atoms with Crippen molar-refractivity contribution in [1.82, 2.24) is 5.16 Å². The third-order valence-electron chi connectivity index (χ3n) is 4.64. The molecule has 24 heavy (non-hydrogen) atoms. The molecule has 0 spiro atoms. The molecular weight excluding hydrogens is 298 g/mol. The number of hydrogen-bond acceptors (Lipinski definition) is 3. The first-order valence-corrected chi connectivity index (χ1v) is 8.38. The van der Waals surface area contributed by atoms with Gasteiger partial charge in [0.1, 0.15) is 0 Å². The van der Waals surface area contributed by atoms with E-state index in [4.69, 9.17) is 4.52 Å². The van der Waals surface area contributed by atoms with E-state index in [1.807, 2.05) is 48.5 Å². The van der Waals surface area contributed by atoms with E-state index in [0.29, 0.717) is 24.5 Å². The molecule has 0 saturated carbocycles. The molecule has 0 radical (unpaired) electrons. The summed E-state index contributed by atoms with van der Waals surface area (Å²) in [5, 5.41) is 4.20. The molecule has 4 rings (SSSR count). The highest BCUT2D eigenvalue weighted by atomic mass is 16.5. The van der Waals surface area contributed by atoms with E-state index in [1.165, 1.54) is 5.56 Å². The minimum atomic E-state index is 0.171. The predicted molar refractivity (Wildman–Crippen MR) is 92.0 cm³/mol. The second-order valence-electron chi connectivity index (χ2n) is 6.48. The number of aromatic nitrogens is 1. The van der Waals surface area contributed by atoms with Crippen molar-refractivity contribution in [1.29, 1.82) is 0 Å². The lowest BCUT2D eigenvalue weighted by molar-refractivity contribution is 0.0947. The molecule has 2 aromatic carbocycles. The van der Waals surface area contributed by atoms with Crippen molar-refractivity contribution >= 4 is 5.78 Å². The first kappa shape index (κ1) is 14.9. The number of Topliss-reactive ketones (excluding diaryl/α,β-unsaturated/α-hetero) is 1. The number of hydrogen-bond donors (Lipinski definition) is 0. The molecule has 3 aromatic rings. The number of fused-ring (bicyclic) bond motifs is 1. The smallest absolute Gasteiger partial charge is 0.168 e. The van der Waals surface area contributed by atoms with Gasteiger partial charge in [-0.05, 0) is 29.9 Å². The van der Waals surface area contributed by atoms with Crippen LogP contribution in [0.25, 0.3) is 0 Å². The summed E-state index contributed by atoms with van der Waals surface area (Å²) in [6.45, 7) is 0. The summed E-state index contributed by atoms with van der Waals surface area (Å²) in [5.74, 6) is 1.19. The minimum absolute atomic E-state index is 0.171. The van der Waals surface area contributed by atoms with E-state index in [-0.39, 0.29) is 5.78 Å². The molecule has 1 unspecified atom stereocenters. The van der Waals surface area contributed by atoms with Crippen LogP contribution in [-0.2, 0) is 19.3 Å². The number of carbonyl (C=O) groups excluding carboxylic acids is 1. The molecule has 0 saturated heterocycles. The summed E-state index contributed by atoms with van der Waals surface area (Å²) in [5.41, 5.74) is 3.96. The number of benzene rings is 2. The number of carbonyl (C=O) groups is 1. The van der Waals surface area contributed by atoms with Gasteiger partial charge in [-0.3, -0.25) is 4.79 Å². The van der Waals surface area contributed by atoms with Crippen LogP contribution in [-0.4, -0.2) is 10.9 Å². The number of nitrogens with zero attached hydrogens (tertiary/aromatic N) is 1. The maximum Gasteiger partial charge on any atom is 0.168 e. The molecule has 0 amide bonds. The Morgan fingerprint density at radius 2 is 1.58 bits per heavy atom. The van der Waals surface area contributed by atoms with E-state index in [0.717, 1.165) is 29.7 Å². The second kappa shape index (κ2) is 6.44. The zero-order valence-corrected chi connectivity index (χ0v) is 13.4. The molecule has 3 heteroatoms. The van der Waals surface area contributed by atoms with Gasteiger partial charge >= 0.3 is 0 Å². The SMILES string of the molecule is O=C1CC(Cc2ccccc2)Cc2noc(Cc3ccccc3)c21. The van der Waals surface area contributed by atoms with Crippen LogP contribution in [0.15, 0.2) is 65.2 Å². The van der Waals surface area contributed by atoms with Gasteiger partial charge in [0, 0.05) is 12.8 Å². The summed E-state index contributed by atoms with van der Waals surface area (Å²) >= 11 is 0. The first-order chi connectivity index (χ1) is 11.8. The Morgan fingerprint density at radius 3 is 2.29 bits per heavy atom. The van der Waals surface area contributed by atoms with Crippen LogP contribution in [0, 0.1) is 5.92 Å². The molecule has 1 aromatic heterocycles. The van der Waals surface area contributed by atoms with Gasteiger partial charge in [-0.2, -0.15) is 0 Å². The fourth-order valence-corrected chi connectivity index (χ4v) is 3.52. The van der Waals surface area contributed by atoms with Crippen molar-refractivity contribution in [2.24, 2.45) is 5.92 Å². The first-order valence-electron chi connectivity index (χ1n) is 8.38. The fourth-order valence-electron chi connectivity index (χ4n) is 3.52. The van der Waals surface area contributed by atoms with E-state index >= 15 is 0 Å². The highest BCUT2D eigenvalue weighted by molar-refractivity contribution is 5.99. The van der Waals surface area contributed by atoms with Crippen LogP contribution in [0.4, 0.5) is 0 Å². The zero-order valence-electron chi connectivity index (χ0n) is 13.4. The van der Waals surface area contributed by atoms with Crippen molar-refractivity contribution in [3.05, 3.63) is 88.8 Å². The fraction of sp³-hybridized carbons (Fsp3) is 0.238. The van der Waals surface area contributed by atoms with E-state index in [2.05, 4.69) is 17.3 Å². The lowest BCUT2D eigenvalue weighted by Crippen LogP contribution is -2.22. The molecule has 1 atom stereocenters. The average molecular weight is 317 g/mol. The van der Waals surface area contributed by atoms with Crippen LogP contribution >= 0.6 is 0 Å². The molecular formula is C21H19NO2. The molecule has 1 aliphatic rings. The molecule has 3 nitrogen and oxygen atoms in total. The molecule has 0 bridgehead atoms. The van der Waals surface area contributed by atoms with Crippen molar-refractivity contribution in [3.63, 3.8) is 0 Å². The third-order valence-corrected chi connectivity index (χ3v) is 4.64.